The van der Waals surface area contributed by atoms with Gasteiger partial charge in [-0.3, -0.25) is 0 Å². The molecule has 116 valence electrons. The van der Waals surface area contributed by atoms with Crippen molar-refractivity contribution in [3.63, 3.8) is 0 Å². The molecule has 1 heterocycles. The first-order valence-corrected chi connectivity index (χ1v) is 8.74. The molecule has 3 rings (SSSR count). The van der Waals surface area contributed by atoms with Crippen molar-refractivity contribution < 1.29 is 0 Å². The lowest BCUT2D eigenvalue weighted by atomic mass is 9.76. The second-order valence-corrected chi connectivity index (χ2v) is 7.08. The summed E-state index contributed by atoms with van der Waals surface area (Å²) in [5.74, 6) is 1.73. The van der Waals surface area contributed by atoms with Crippen LogP contribution < -0.4 is 10.2 Å². The predicted molar refractivity (Wildman–Crippen MR) is 90.9 cm³/mol. The van der Waals surface area contributed by atoms with Crippen molar-refractivity contribution in [2.24, 2.45) is 11.8 Å². The Morgan fingerprint density at radius 1 is 1.24 bits per heavy atom. The van der Waals surface area contributed by atoms with Gasteiger partial charge in [-0.2, -0.15) is 0 Å². The molecule has 1 fully saturated rings. The molecule has 1 N–H and O–H groups in total. The number of hydrogen-bond donors (Lipinski definition) is 1. The zero-order valence-electron chi connectivity index (χ0n) is 13.8. The highest BCUT2D eigenvalue weighted by Gasteiger charge is 2.33. The van der Waals surface area contributed by atoms with E-state index in [9.17, 15) is 0 Å². The summed E-state index contributed by atoms with van der Waals surface area (Å²) in [5.41, 5.74) is 3.02. The fraction of sp³-hybridized carbons (Fsp3) is 0.684. The van der Waals surface area contributed by atoms with Crippen molar-refractivity contribution in [3.8, 4) is 0 Å². The molecule has 0 amide bonds. The average molecular weight is 286 g/mol. The van der Waals surface area contributed by atoms with Crippen LogP contribution in [0.1, 0.15) is 45.1 Å². The molecule has 1 aromatic rings. The van der Waals surface area contributed by atoms with Gasteiger partial charge < -0.3 is 10.2 Å². The van der Waals surface area contributed by atoms with E-state index in [0.29, 0.717) is 12.1 Å². The summed E-state index contributed by atoms with van der Waals surface area (Å²) in [4.78, 5) is 2.67. The normalized spacial score (nSPS) is 32.2. The second-order valence-electron chi connectivity index (χ2n) is 7.08. The number of fused-ring (bicyclic) bond motifs is 1. The molecule has 21 heavy (non-hydrogen) atoms. The zero-order chi connectivity index (χ0) is 14.8. The molecule has 1 aromatic carbocycles. The lowest BCUT2D eigenvalue weighted by Crippen LogP contribution is -2.46. The maximum atomic E-state index is 3.58. The fourth-order valence-electron chi connectivity index (χ4n) is 4.47. The number of hydrogen-bond acceptors (Lipinski definition) is 2. The summed E-state index contributed by atoms with van der Waals surface area (Å²) < 4.78 is 0. The molecule has 0 saturated heterocycles. The largest absolute Gasteiger partial charge is 0.368 e. The molecular weight excluding hydrogens is 256 g/mol. The van der Waals surface area contributed by atoms with Gasteiger partial charge in [-0.25, -0.2) is 0 Å². The Kier molecular flexibility index (Phi) is 4.54. The van der Waals surface area contributed by atoms with Gasteiger partial charge in [-0.1, -0.05) is 31.5 Å². The Labute approximate surface area is 129 Å². The summed E-state index contributed by atoms with van der Waals surface area (Å²) in [6.45, 7) is 5.96. The standard InChI is InChI=1S/C19H30N2/c1-4-15-9-10-18(20-3)17(12-15)13-21-14(2)11-16-7-5-6-8-19(16)21/h5-8,14-15,17-18,20H,4,9-13H2,1-3H3. The van der Waals surface area contributed by atoms with Crippen molar-refractivity contribution >= 4 is 5.69 Å². The summed E-state index contributed by atoms with van der Waals surface area (Å²) in [6.07, 6.45) is 6.71. The van der Waals surface area contributed by atoms with Crippen LogP contribution in [0.2, 0.25) is 0 Å². The van der Waals surface area contributed by atoms with Crippen LogP contribution in [0, 0.1) is 11.8 Å². The van der Waals surface area contributed by atoms with Crippen molar-refractivity contribution in [1.29, 1.82) is 0 Å². The molecular formula is C19H30N2. The smallest absolute Gasteiger partial charge is 0.0402 e. The van der Waals surface area contributed by atoms with Gasteiger partial charge >= 0.3 is 0 Å². The Morgan fingerprint density at radius 3 is 2.81 bits per heavy atom. The molecule has 1 saturated carbocycles. The third-order valence-electron chi connectivity index (χ3n) is 5.82. The van der Waals surface area contributed by atoms with E-state index >= 15 is 0 Å². The number of benzene rings is 1. The van der Waals surface area contributed by atoms with Crippen molar-refractivity contribution in [2.75, 3.05) is 18.5 Å². The SMILES string of the molecule is CCC1CCC(NC)C(CN2c3ccccc3CC2C)C1. The highest BCUT2D eigenvalue weighted by atomic mass is 15.2. The highest BCUT2D eigenvalue weighted by molar-refractivity contribution is 5.59. The molecule has 2 nitrogen and oxygen atoms in total. The number of anilines is 1. The van der Waals surface area contributed by atoms with Gasteiger partial charge in [-0.05, 0) is 63.1 Å². The van der Waals surface area contributed by atoms with Crippen LogP contribution in [0.15, 0.2) is 24.3 Å². The second kappa shape index (κ2) is 6.39. The van der Waals surface area contributed by atoms with Gasteiger partial charge in [0, 0.05) is 24.3 Å². The first-order valence-electron chi connectivity index (χ1n) is 8.74. The zero-order valence-corrected chi connectivity index (χ0v) is 13.8. The van der Waals surface area contributed by atoms with Gasteiger partial charge in [0.2, 0.25) is 0 Å². The molecule has 1 aliphatic carbocycles. The number of rotatable bonds is 4. The van der Waals surface area contributed by atoms with E-state index in [1.165, 1.54) is 49.9 Å². The minimum Gasteiger partial charge on any atom is -0.368 e. The van der Waals surface area contributed by atoms with Gasteiger partial charge in [-0.15, -0.1) is 0 Å². The Balaban J connectivity index is 1.75. The summed E-state index contributed by atoms with van der Waals surface area (Å²) in [6, 6.07) is 10.3. The van der Waals surface area contributed by atoms with E-state index in [0.717, 1.165) is 11.8 Å². The van der Waals surface area contributed by atoms with Crippen molar-refractivity contribution in [1.82, 2.24) is 5.32 Å². The highest BCUT2D eigenvalue weighted by Crippen LogP contribution is 2.37. The number of para-hydroxylation sites is 1. The molecule has 0 spiro atoms. The summed E-state index contributed by atoms with van der Waals surface area (Å²) in [5, 5.41) is 3.58. The van der Waals surface area contributed by atoms with Gasteiger partial charge in [0.25, 0.3) is 0 Å². The van der Waals surface area contributed by atoms with Crippen LogP contribution >= 0.6 is 0 Å². The molecule has 1 aliphatic heterocycles. The molecule has 0 bridgehead atoms. The lowest BCUT2D eigenvalue weighted by Gasteiger charge is -2.39. The number of nitrogens with one attached hydrogen (secondary N) is 1. The first kappa shape index (κ1) is 14.9. The quantitative estimate of drug-likeness (QED) is 0.904. The van der Waals surface area contributed by atoms with Crippen molar-refractivity contribution in [2.45, 2.75) is 58.0 Å². The molecule has 0 radical (unpaired) electrons. The van der Waals surface area contributed by atoms with Gasteiger partial charge in [0.1, 0.15) is 0 Å². The topological polar surface area (TPSA) is 15.3 Å². The third-order valence-corrected chi connectivity index (χ3v) is 5.82. The predicted octanol–water partition coefficient (Wildman–Crippen LogP) is 3.85. The van der Waals surface area contributed by atoms with Crippen LogP contribution in [0.3, 0.4) is 0 Å². The third kappa shape index (κ3) is 2.96. The fourth-order valence-corrected chi connectivity index (χ4v) is 4.47. The average Bonchev–Trinajstić information content (AvgIpc) is 2.83. The Morgan fingerprint density at radius 2 is 2.05 bits per heavy atom. The van der Waals surface area contributed by atoms with E-state index in [4.69, 9.17) is 0 Å². The van der Waals surface area contributed by atoms with E-state index in [1.54, 1.807) is 0 Å². The van der Waals surface area contributed by atoms with E-state index < -0.39 is 0 Å². The molecule has 2 heteroatoms. The molecule has 0 aromatic heterocycles. The number of nitrogens with zero attached hydrogens (tertiary/aromatic N) is 1. The first-order chi connectivity index (χ1) is 10.2. The van der Waals surface area contributed by atoms with E-state index in [1.807, 2.05) is 0 Å². The minimum absolute atomic E-state index is 0.655. The molecule has 4 unspecified atom stereocenters. The van der Waals surface area contributed by atoms with E-state index in [-0.39, 0.29) is 0 Å². The van der Waals surface area contributed by atoms with Crippen LogP contribution in [0.25, 0.3) is 0 Å². The van der Waals surface area contributed by atoms with Crippen LogP contribution in [-0.2, 0) is 6.42 Å². The molecule has 4 atom stereocenters. The minimum atomic E-state index is 0.655. The maximum absolute atomic E-state index is 3.58. The maximum Gasteiger partial charge on any atom is 0.0402 e. The monoisotopic (exact) mass is 286 g/mol. The lowest BCUT2D eigenvalue weighted by molar-refractivity contribution is 0.207. The Bertz CT molecular complexity index is 470. The van der Waals surface area contributed by atoms with E-state index in [2.05, 4.69) is 55.4 Å². The summed E-state index contributed by atoms with van der Waals surface area (Å²) >= 11 is 0. The van der Waals surface area contributed by atoms with Gasteiger partial charge in [0.15, 0.2) is 0 Å². The van der Waals surface area contributed by atoms with Gasteiger partial charge in [0.05, 0.1) is 0 Å². The van der Waals surface area contributed by atoms with Crippen LogP contribution in [0.5, 0.6) is 0 Å². The molecule has 2 aliphatic rings. The van der Waals surface area contributed by atoms with Crippen LogP contribution in [-0.4, -0.2) is 25.7 Å². The Hall–Kier alpha value is -1.02. The van der Waals surface area contributed by atoms with Crippen LogP contribution in [0.4, 0.5) is 5.69 Å². The summed E-state index contributed by atoms with van der Waals surface area (Å²) in [7, 11) is 2.14. The van der Waals surface area contributed by atoms with Crippen molar-refractivity contribution in [3.05, 3.63) is 29.8 Å².